The number of H-pyrrole nitrogens is 1. The molecule has 27 heavy (non-hydrogen) atoms. The van der Waals surface area contributed by atoms with E-state index in [1.165, 1.54) is 18.2 Å². The molecule has 1 N–H and O–H groups in total. The zero-order valence-electron chi connectivity index (χ0n) is 15.0. The lowest BCUT2D eigenvalue weighted by Gasteiger charge is -2.29. The number of aromatic amines is 1. The first-order chi connectivity index (χ1) is 12.6. The zero-order valence-corrected chi connectivity index (χ0v) is 15.0. The highest BCUT2D eigenvalue weighted by Gasteiger charge is 2.48. The third kappa shape index (κ3) is 3.10. The second-order valence-electron chi connectivity index (χ2n) is 7.04. The molecule has 0 saturated carbocycles. The molecule has 0 radical (unpaired) electrons. The van der Waals surface area contributed by atoms with Crippen molar-refractivity contribution < 1.29 is 13.2 Å². The molecule has 0 atom stereocenters. The standard InChI is InChI=1S/C21H17F3N2O/c1-12-9-14(20(2,3)21(22,23)24)7-8-15(12)17-10-18(27)19-13(11-25)5-4-6-16(19)26-17/h4-10H,1-3H3,(H,26,27). The van der Waals surface area contributed by atoms with E-state index in [0.29, 0.717) is 27.7 Å². The highest BCUT2D eigenvalue weighted by atomic mass is 19.4. The fourth-order valence-corrected chi connectivity index (χ4v) is 3.06. The van der Waals surface area contributed by atoms with E-state index in [1.54, 1.807) is 31.2 Å². The molecule has 3 aromatic rings. The minimum atomic E-state index is -4.37. The number of aromatic nitrogens is 1. The molecule has 0 saturated heterocycles. The molecule has 3 nitrogen and oxygen atoms in total. The molecule has 0 bridgehead atoms. The Morgan fingerprint density at radius 3 is 2.37 bits per heavy atom. The summed E-state index contributed by atoms with van der Waals surface area (Å²) >= 11 is 0. The lowest BCUT2D eigenvalue weighted by atomic mass is 9.82. The minimum Gasteiger partial charge on any atom is -0.354 e. The smallest absolute Gasteiger partial charge is 0.354 e. The SMILES string of the molecule is Cc1cc(C(C)(C)C(F)(F)F)ccc1-c1cc(=O)c2c(C#N)cccc2[nH]1. The Bertz CT molecular complexity index is 1130. The second-order valence-corrected chi connectivity index (χ2v) is 7.04. The van der Waals surface area contributed by atoms with Crippen LogP contribution in [0.2, 0.25) is 0 Å². The van der Waals surface area contributed by atoms with E-state index in [1.807, 2.05) is 6.07 Å². The molecule has 1 aromatic heterocycles. The number of nitrogens with one attached hydrogen (secondary N) is 1. The van der Waals surface area contributed by atoms with Gasteiger partial charge in [0.2, 0.25) is 0 Å². The maximum Gasteiger partial charge on any atom is 0.397 e. The van der Waals surface area contributed by atoms with Gasteiger partial charge in [0.1, 0.15) is 0 Å². The van der Waals surface area contributed by atoms with Crippen molar-refractivity contribution in [3.05, 3.63) is 69.4 Å². The van der Waals surface area contributed by atoms with Crippen molar-refractivity contribution in [2.24, 2.45) is 0 Å². The van der Waals surface area contributed by atoms with Crippen LogP contribution in [0.3, 0.4) is 0 Å². The normalized spacial score (nSPS) is 12.2. The van der Waals surface area contributed by atoms with Crippen molar-refractivity contribution in [1.82, 2.24) is 4.98 Å². The molecule has 0 fully saturated rings. The molecule has 1 heterocycles. The van der Waals surface area contributed by atoms with E-state index in [0.717, 1.165) is 13.8 Å². The summed E-state index contributed by atoms with van der Waals surface area (Å²) in [6.45, 7) is 3.99. The fourth-order valence-electron chi connectivity index (χ4n) is 3.06. The van der Waals surface area contributed by atoms with Crippen molar-refractivity contribution in [1.29, 1.82) is 5.26 Å². The van der Waals surface area contributed by atoms with Crippen molar-refractivity contribution in [3.63, 3.8) is 0 Å². The number of pyridine rings is 1. The molecule has 0 aliphatic carbocycles. The molecule has 6 heteroatoms. The van der Waals surface area contributed by atoms with Gasteiger partial charge in [-0.05, 0) is 44.0 Å². The largest absolute Gasteiger partial charge is 0.397 e. The first kappa shape index (κ1) is 18.7. The van der Waals surface area contributed by atoms with Gasteiger partial charge in [-0.2, -0.15) is 18.4 Å². The third-order valence-electron chi connectivity index (χ3n) is 4.92. The topological polar surface area (TPSA) is 56.6 Å². The number of aryl methyl sites for hydroxylation is 1. The van der Waals surface area contributed by atoms with E-state index in [2.05, 4.69) is 4.98 Å². The van der Waals surface area contributed by atoms with Crippen LogP contribution in [0.4, 0.5) is 13.2 Å². The number of hydrogen-bond acceptors (Lipinski definition) is 2. The summed E-state index contributed by atoms with van der Waals surface area (Å²) in [5.41, 5.74) is 0.413. The van der Waals surface area contributed by atoms with E-state index >= 15 is 0 Å². The number of rotatable bonds is 2. The van der Waals surface area contributed by atoms with Gasteiger partial charge >= 0.3 is 6.18 Å². The average Bonchev–Trinajstić information content (AvgIpc) is 2.59. The summed E-state index contributed by atoms with van der Waals surface area (Å²) in [5.74, 6) is 0. The van der Waals surface area contributed by atoms with Crippen LogP contribution in [-0.2, 0) is 5.41 Å². The van der Waals surface area contributed by atoms with Crippen LogP contribution < -0.4 is 5.43 Å². The van der Waals surface area contributed by atoms with Gasteiger partial charge in [0.25, 0.3) is 0 Å². The summed E-state index contributed by atoms with van der Waals surface area (Å²) in [6, 6.07) is 12.8. The van der Waals surface area contributed by atoms with Crippen molar-refractivity contribution >= 4 is 10.9 Å². The van der Waals surface area contributed by atoms with Gasteiger partial charge in [0.15, 0.2) is 5.43 Å². The first-order valence-electron chi connectivity index (χ1n) is 8.30. The molecule has 138 valence electrons. The van der Waals surface area contributed by atoms with Crippen LogP contribution in [0, 0.1) is 18.3 Å². The number of halogens is 3. The second kappa shape index (κ2) is 6.27. The molecule has 0 amide bonds. The van der Waals surface area contributed by atoms with Gasteiger partial charge in [-0.15, -0.1) is 0 Å². The number of benzene rings is 2. The summed E-state index contributed by atoms with van der Waals surface area (Å²) in [7, 11) is 0. The number of nitrogens with zero attached hydrogens (tertiary/aromatic N) is 1. The Morgan fingerprint density at radius 1 is 1.07 bits per heavy atom. The minimum absolute atomic E-state index is 0.158. The monoisotopic (exact) mass is 370 g/mol. The van der Waals surface area contributed by atoms with Crippen LogP contribution in [0.25, 0.3) is 22.2 Å². The number of alkyl halides is 3. The number of fused-ring (bicyclic) bond motifs is 1. The molecular formula is C21H17F3N2O. The highest BCUT2D eigenvalue weighted by molar-refractivity contribution is 5.86. The summed E-state index contributed by atoms with van der Waals surface area (Å²) in [4.78, 5) is 15.6. The molecule has 0 aliphatic rings. The van der Waals surface area contributed by atoms with Gasteiger partial charge in [-0.3, -0.25) is 4.79 Å². The molecule has 0 aliphatic heterocycles. The molecular weight excluding hydrogens is 353 g/mol. The van der Waals surface area contributed by atoms with Gasteiger partial charge < -0.3 is 4.98 Å². The van der Waals surface area contributed by atoms with Crippen molar-refractivity contribution in [2.75, 3.05) is 0 Å². The predicted molar refractivity (Wildman–Crippen MR) is 98.5 cm³/mol. The Kier molecular flexibility index (Phi) is 4.35. The number of nitriles is 1. The maximum atomic E-state index is 13.3. The fraction of sp³-hybridized carbons (Fsp3) is 0.238. The van der Waals surface area contributed by atoms with Crippen LogP contribution in [0.15, 0.2) is 47.3 Å². The Morgan fingerprint density at radius 2 is 1.78 bits per heavy atom. The Labute approximate surface area is 154 Å². The van der Waals surface area contributed by atoms with Crippen LogP contribution >= 0.6 is 0 Å². The van der Waals surface area contributed by atoms with Crippen LogP contribution in [-0.4, -0.2) is 11.2 Å². The van der Waals surface area contributed by atoms with Crippen molar-refractivity contribution in [2.45, 2.75) is 32.4 Å². The number of hydrogen-bond donors (Lipinski definition) is 1. The van der Waals surface area contributed by atoms with Crippen LogP contribution in [0.1, 0.15) is 30.5 Å². The molecule has 0 unspecified atom stereocenters. The van der Waals surface area contributed by atoms with Gasteiger partial charge in [0.05, 0.1) is 28.0 Å². The van der Waals surface area contributed by atoms with E-state index in [9.17, 15) is 18.0 Å². The summed E-state index contributed by atoms with van der Waals surface area (Å²) in [6.07, 6.45) is -4.37. The lowest BCUT2D eigenvalue weighted by molar-refractivity contribution is -0.180. The van der Waals surface area contributed by atoms with Gasteiger partial charge in [0, 0.05) is 17.3 Å². The Balaban J connectivity index is 2.16. The highest BCUT2D eigenvalue weighted by Crippen LogP contribution is 2.41. The summed E-state index contributed by atoms with van der Waals surface area (Å²) < 4.78 is 39.9. The molecule has 2 aromatic carbocycles. The third-order valence-corrected chi connectivity index (χ3v) is 4.92. The van der Waals surface area contributed by atoms with Crippen LogP contribution in [0.5, 0.6) is 0 Å². The lowest BCUT2D eigenvalue weighted by Crippen LogP contribution is -2.36. The first-order valence-corrected chi connectivity index (χ1v) is 8.30. The summed E-state index contributed by atoms with van der Waals surface area (Å²) in [5, 5.41) is 9.47. The van der Waals surface area contributed by atoms with E-state index < -0.39 is 11.6 Å². The molecule has 3 rings (SSSR count). The Hall–Kier alpha value is -3.07. The zero-order chi connectivity index (χ0) is 20.0. The van der Waals surface area contributed by atoms with Gasteiger partial charge in [-0.25, -0.2) is 0 Å². The van der Waals surface area contributed by atoms with Gasteiger partial charge in [-0.1, -0.05) is 24.3 Å². The predicted octanol–water partition coefficient (Wildman–Crippen LogP) is 5.22. The van der Waals surface area contributed by atoms with E-state index in [-0.39, 0.29) is 16.6 Å². The molecule has 0 spiro atoms. The van der Waals surface area contributed by atoms with E-state index in [4.69, 9.17) is 5.26 Å². The maximum absolute atomic E-state index is 13.3. The quantitative estimate of drug-likeness (QED) is 0.673. The average molecular weight is 370 g/mol. The van der Waals surface area contributed by atoms with Crippen molar-refractivity contribution in [3.8, 4) is 17.3 Å².